The van der Waals surface area contributed by atoms with Crippen molar-refractivity contribution in [3.63, 3.8) is 0 Å². The lowest BCUT2D eigenvalue weighted by atomic mass is 10.2. The Hall–Kier alpha value is -2.12. The number of urea groups is 1. The Labute approximate surface area is 151 Å². The average molecular weight is 361 g/mol. The van der Waals surface area contributed by atoms with E-state index in [9.17, 15) is 4.79 Å². The molecule has 1 fully saturated rings. The molecule has 0 unspecified atom stereocenters. The van der Waals surface area contributed by atoms with Gasteiger partial charge in [-0.15, -0.1) is 11.3 Å². The van der Waals surface area contributed by atoms with Gasteiger partial charge in [0, 0.05) is 24.5 Å². The fourth-order valence-corrected chi connectivity index (χ4v) is 3.22. The third-order valence-electron chi connectivity index (χ3n) is 3.98. The molecule has 1 heterocycles. The van der Waals surface area contributed by atoms with Gasteiger partial charge in [0.05, 0.1) is 12.3 Å². The van der Waals surface area contributed by atoms with E-state index < -0.39 is 0 Å². The van der Waals surface area contributed by atoms with Gasteiger partial charge >= 0.3 is 6.03 Å². The number of rotatable bonds is 8. The first-order chi connectivity index (χ1) is 12.2. The molecule has 2 aromatic rings. The molecular formula is C18H23N3O3S. The zero-order chi connectivity index (χ0) is 17.6. The van der Waals surface area contributed by atoms with Gasteiger partial charge in [-0.1, -0.05) is 12.1 Å². The van der Waals surface area contributed by atoms with Gasteiger partial charge in [-0.25, -0.2) is 9.78 Å². The molecule has 1 aliphatic carbocycles. The normalized spacial score (nSPS) is 13.5. The van der Waals surface area contributed by atoms with Crippen molar-refractivity contribution in [3.05, 3.63) is 45.9 Å². The highest BCUT2D eigenvalue weighted by atomic mass is 32.1. The van der Waals surface area contributed by atoms with E-state index in [1.807, 2.05) is 41.5 Å². The lowest BCUT2D eigenvalue weighted by Gasteiger charge is -2.22. The third-order valence-corrected chi connectivity index (χ3v) is 4.85. The van der Waals surface area contributed by atoms with Crippen molar-refractivity contribution in [1.82, 2.24) is 15.2 Å². The van der Waals surface area contributed by atoms with Crippen LogP contribution in [0.5, 0.6) is 5.75 Å². The number of ether oxygens (including phenoxy) is 1. The van der Waals surface area contributed by atoms with Crippen molar-refractivity contribution >= 4 is 17.4 Å². The summed E-state index contributed by atoms with van der Waals surface area (Å²) >= 11 is 1.48. The molecule has 0 saturated heterocycles. The van der Waals surface area contributed by atoms with E-state index in [2.05, 4.69) is 10.3 Å². The van der Waals surface area contributed by atoms with Crippen LogP contribution in [0.2, 0.25) is 0 Å². The highest BCUT2D eigenvalue weighted by Gasteiger charge is 2.32. The maximum atomic E-state index is 12.1. The molecule has 25 heavy (non-hydrogen) atoms. The van der Waals surface area contributed by atoms with Gasteiger partial charge in [0.2, 0.25) is 0 Å². The van der Waals surface area contributed by atoms with Crippen LogP contribution in [0.15, 0.2) is 29.6 Å². The van der Waals surface area contributed by atoms with Gasteiger partial charge in [0.1, 0.15) is 17.4 Å². The van der Waals surface area contributed by atoms with Gasteiger partial charge < -0.3 is 20.1 Å². The van der Waals surface area contributed by atoms with Crippen molar-refractivity contribution < 1.29 is 14.6 Å². The first-order valence-electron chi connectivity index (χ1n) is 8.50. The molecule has 2 N–H and O–H groups in total. The third kappa shape index (κ3) is 4.93. The number of benzene rings is 1. The number of thiazole rings is 1. The molecule has 6 nitrogen and oxygen atoms in total. The van der Waals surface area contributed by atoms with Gasteiger partial charge in [0.25, 0.3) is 0 Å². The molecule has 1 aromatic carbocycles. The summed E-state index contributed by atoms with van der Waals surface area (Å²) in [6, 6.07) is 8.19. The second-order valence-electron chi connectivity index (χ2n) is 6.02. The number of hydrogen-bond acceptors (Lipinski definition) is 5. The average Bonchev–Trinajstić information content (AvgIpc) is 3.36. The summed E-state index contributed by atoms with van der Waals surface area (Å²) < 4.78 is 5.73. The van der Waals surface area contributed by atoms with Crippen LogP contribution in [-0.4, -0.2) is 33.6 Å². The molecule has 1 saturated carbocycles. The summed E-state index contributed by atoms with van der Waals surface area (Å²) in [5.41, 5.74) is 1.76. The monoisotopic (exact) mass is 361 g/mol. The molecule has 0 spiro atoms. The Balaban J connectivity index is 1.55. The Morgan fingerprint density at radius 1 is 1.40 bits per heavy atom. The molecule has 0 bridgehead atoms. The first kappa shape index (κ1) is 17.7. The van der Waals surface area contributed by atoms with Crippen molar-refractivity contribution in [2.24, 2.45) is 0 Å². The first-order valence-corrected chi connectivity index (χ1v) is 9.38. The molecule has 2 amide bonds. The molecule has 1 aliphatic rings. The second kappa shape index (κ2) is 8.31. The largest absolute Gasteiger partial charge is 0.486 e. The fraction of sp³-hybridized carbons (Fsp3) is 0.444. The molecule has 0 aliphatic heterocycles. The van der Waals surface area contributed by atoms with Crippen LogP contribution in [0.1, 0.15) is 36.0 Å². The van der Waals surface area contributed by atoms with Crippen LogP contribution < -0.4 is 10.1 Å². The van der Waals surface area contributed by atoms with E-state index in [0.29, 0.717) is 31.4 Å². The van der Waals surface area contributed by atoms with Gasteiger partial charge in [-0.3, -0.25) is 0 Å². The molecular weight excluding hydrogens is 338 g/mol. The number of amides is 2. The zero-order valence-electron chi connectivity index (χ0n) is 14.3. The SMILES string of the molecule is CCNC(=O)N(Cc1ccc(OCc2nc(CO)cs2)cc1)C1CC1. The Kier molecular flexibility index (Phi) is 5.88. The van der Waals surface area contributed by atoms with Gasteiger partial charge in [-0.2, -0.15) is 0 Å². The van der Waals surface area contributed by atoms with E-state index >= 15 is 0 Å². The summed E-state index contributed by atoms with van der Waals surface area (Å²) in [5.74, 6) is 0.764. The number of aliphatic hydroxyl groups is 1. The highest BCUT2D eigenvalue weighted by molar-refractivity contribution is 7.09. The lowest BCUT2D eigenvalue weighted by Crippen LogP contribution is -2.40. The summed E-state index contributed by atoms with van der Waals surface area (Å²) in [4.78, 5) is 18.3. The molecule has 7 heteroatoms. The van der Waals surface area contributed by atoms with Gasteiger partial charge in [-0.05, 0) is 37.5 Å². The summed E-state index contributed by atoms with van der Waals surface area (Å²) in [6.45, 7) is 3.53. The van der Waals surface area contributed by atoms with E-state index in [1.165, 1.54) is 11.3 Å². The quantitative estimate of drug-likeness (QED) is 0.758. The van der Waals surface area contributed by atoms with Crippen molar-refractivity contribution in [1.29, 1.82) is 0 Å². The van der Waals surface area contributed by atoms with Crippen LogP contribution in [0.4, 0.5) is 4.79 Å². The lowest BCUT2D eigenvalue weighted by molar-refractivity contribution is 0.192. The number of carbonyl (C=O) groups is 1. The Morgan fingerprint density at radius 2 is 2.16 bits per heavy atom. The number of nitrogens with zero attached hydrogens (tertiary/aromatic N) is 2. The number of aromatic nitrogens is 1. The topological polar surface area (TPSA) is 74.7 Å². The number of carbonyl (C=O) groups excluding carboxylic acids is 1. The van der Waals surface area contributed by atoms with E-state index in [0.717, 1.165) is 29.2 Å². The van der Waals surface area contributed by atoms with Crippen LogP contribution in [-0.2, 0) is 19.8 Å². The Bertz CT molecular complexity index is 698. The zero-order valence-corrected chi connectivity index (χ0v) is 15.1. The Morgan fingerprint density at radius 3 is 2.76 bits per heavy atom. The predicted molar refractivity (Wildman–Crippen MR) is 96.4 cm³/mol. The van der Waals surface area contributed by atoms with Crippen molar-refractivity contribution in [2.75, 3.05) is 6.54 Å². The van der Waals surface area contributed by atoms with Crippen LogP contribution in [0.3, 0.4) is 0 Å². The standard InChI is InChI=1S/C18H23N3O3S/c1-2-19-18(23)21(15-5-6-15)9-13-3-7-16(8-4-13)24-11-17-20-14(10-22)12-25-17/h3-4,7-8,12,15,22H,2,5-6,9-11H2,1H3,(H,19,23). The van der Waals surface area contributed by atoms with E-state index in [1.54, 1.807) is 0 Å². The van der Waals surface area contributed by atoms with E-state index in [4.69, 9.17) is 9.84 Å². The minimum absolute atomic E-state index is 0.00813. The molecule has 3 rings (SSSR count). The maximum Gasteiger partial charge on any atom is 0.317 e. The summed E-state index contributed by atoms with van der Waals surface area (Å²) in [6.07, 6.45) is 2.17. The maximum absolute atomic E-state index is 12.1. The minimum Gasteiger partial charge on any atom is -0.486 e. The molecule has 0 atom stereocenters. The number of nitrogens with one attached hydrogen (secondary N) is 1. The van der Waals surface area contributed by atoms with Crippen LogP contribution in [0, 0.1) is 0 Å². The van der Waals surface area contributed by atoms with Gasteiger partial charge in [0.15, 0.2) is 0 Å². The minimum atomic E-state index is -0.0473. The molecule has 1 aromatic heterocycles. The highest BCUT2D eigenvalue weighted by Crippen LogP contribution is 2.28. The van der Waals surface area contributed by atoms with Crippen molar-refractivity contribution in [2.45, 2.75) is 45.6 Å². The number of aliphatic hydroxyl groups excluding tert-OH is 1. The second-order valence-corrected chi connectivity index (χ2v) is 6.96. The predicted octanol–water partition coefficient (Wildman–Crippen LogP) is 2.91. The summed E-state index contributed by atoms with van der Waals surface area (Å²) in [7, 11) is 0. The van der Waals surface area contributed by atoms with Crippen LogP contribution in [0.25, 0.3) is 0 Å². The fourth-order valence-electron chi connectivity index (χ4n) is 2.53. The van der Waals surface area contributed by atoms with E-state index in [-0.39, 0.29) is 12.6 Å². The molecule has 0 radical (unpaired) electrons. The number of hydrogen-bond donors (Lipinski definition) is 2. The molecule has 134 valence electrons. The van der Waals surface area contributed by atoms with Crippen LogP contribution >= 0.6 is 11.3 Å². The smallest absolute Gasteiger partial charge is 0.317 e. The van der Waals surface area contributed by atoms with Crippen molar-refractivity contribution in [3.8, 4) is 5.75 Å². The summed E-state index contributed by atoms with van der Waals surface area (Å²) in [5, 5.41) is 14.6.